The van der Waals surface area contributed by atoms with Crippen molar-refractivity contribution in [1.29, 1.82) is 0 Å². The lowest BCUT2D eigenvalue weighted by Crippen LogP contribution is -2.44. The number of nitrogens with one attached hydrogen (secondary N) is 1. The van der Waals surface area contributed by atoms with Crippen molar-refractivity contribution in [2.45, 2.75) is 39.2 Å². The van der Waals surface area contributed by atoms with Crippen molar-refractivity contribution in [2.75, 3.05) is 19.8 Å². The highest BCUT2D eigenvalue weighted by Gasteiger charge is 2.20. The van der Waals surface area contributed by atoms with Crippen molar-refractivity contribution < 1.29 is 9.53 Å². The summed E-state index contributed by atoms with van der Waals surface area (Å²) in [6.07, 6.45) is 1.72. The summed E-state index contributed by atoms with van der Waals surface area (Å²) < 4.78 is 5.26. The molecule has 0 heterocycles. The summed E-state index contributed by atoms with van der Waals surface area (Å²) >= 11 is 0. The van der Waals surface area contributed by atoms with Crippen LogP contribution in [-0.4, -0.2) is 31.2 Å². The minimum atomic E-state index is -0.285. The van der Waals surface area contributed by atoms with E-state index in [1.165, 1.54) is 0 Å². The molecule has 0 rings (SSSR count). The van der Waals surface area contributed by atoms with E-state index in [2.05, 4.69) is 5.32 Å². The number of amides is 1. The number of carbonyl (C=O) groups excluding carboxylic acids is 1. The lowest BCUT2D eigenvalue weighted by atomic mass is 9.96. The van der Waals surface area contributed by atoms with Crippen LogP contribution in [0, 0.1) is 0 Å². The monoisotopic (exact) mass is 202 g/mol. The number of hydrogen-bond acceptors (Lipinski definition) is 3. The van der Waals surface area contributed by atoms with Crippen LogP contribution in [0.3, 0.4) is 0 Å². The molecule has 84 valence electrons. The van der Waals surface area contributed by atoms with Gasteiger partial charge >= 0.3 is 0 Å². The van der Waals surface area contributed by atoms with E-state index in [4.69, 9.17) is 10.5 Å². The molecule has 0 aliphatic carbocycles. The molecule has 0 bridgehead atoms. The number of ether oxygens (including phenoxy) is 1. The molecule has 14 heavy (non-hydrogen) atoms. The lowest BCUT2D eigenvalue weighted by Gasteiger charge is -2.25. The van der Waals surface area contributed by atoms with Gasteiger partial charge in [0.15, 0.2) is 0 Å². The highest BCUT2D eigenvalue weighted by Crippen LogP contribution is 2.10. The Morgan fingerprint density at radius 1 is 1.36 bits per heavy atom. The van der Waals surface area contributed by atoms with Gasteiger partial charge in [-0.2, -0.15) is 0 Å². The normalized spacial score (nSPS) is 11.4. The first kappa shape index (κ1) is 13.4. The maximum absolute atomic E-state index is 11.0. The van der Waals surface area contributed by atoms with E-state index in [1.54, 1.807) is 0 Å². The molecule has 0 unspecified atom stereocenters. The molecule has 0 aliphatic heterocycles. The fourth-order valence-corrected chi connectivity index (χ4v) is 1.05. The summed E-state index contributed by atoms with van der Waals surface area (Å²) in [6.45, 7) is 7.11. The van der Waals surface area contributed by atoms with Gasteiger partial charge in [0.05, 0.1) is 6.61 Å². The van der Waals surface area contributed by atoms with Crippen LogP contribution in [0.5, 0.6) is 0 Å². The molecule has 0 aromatic carbocycles. The molecule has 4 nitrogen and oxygen atoms in total. The number of carbonyl (C=O) groups is 1. The Morgan fingerprint density at radius 3 is 2.36 bits per heavy atom. The smallest absolute Gasteiger partial charge is 0.245 e. The van der Waals surface area contributed by atoms with Gasteiger partial charge in [-0.25, -0.2) is 0 Å². The zero-order valence-electron chi connectivity index (χ0n) is 9.43. The Hall–Kier alpha value is -0.610. The van der Waals surface area contributed by atoms with Crippen LogP contribution in [0.1, 0.15) is 33.6 Å². The van der Waals surface area contributed by atoms with Gasteiger partial charge in [-0.3, -0.25) is 4.79 Å². The standard InChI is InChI=1S/C10H22N2O2/c1-4-10(11,5-2)8-14-7-9(13)12-6-3/h4-8,11H2,1-3H3,(H,12,13). The van der Waals surface area contributed by atoms with Crippen LogP contribution in [0.15, 0.2) is 0 Å². The minimum absolute atomic E-state index is 0.0814. The lowest BCUT2D eigenvalue weighted by molar-refractivity contribution is -0.126. The first-order chi connectivity index (χ1) is 6.58. The minimum Gasteiger partial charge on any atom is -0.370 e. The third kappa shape index (κ3) is 5.19. The van der Waals surface area contributed by atoms with E-state index in [9.17, 15) is 4.79 Å². The highest BCUT2D eigenvalue weighted by atomic mass is 16.5. The summed E-state index contributed by atoms with van der Waals surface area (Å²) in [6, 6.07) is 0. The van der Waals surface area contributed by atoms with Crippen molar-refractivity contribution >= 4 is 5.91 Å². The molecular formula is C10H22N2O2. The molecule has 0 aliphatic rings. The molecule has 0 saturated heterocycles. The van der Waals surface area contributed by atoms with Gasteiger partial charge in [0, 0.05) is 12.1 Å². The SMILES string of the molecule is CCNC(=O)COCC(N)(CC)CC. The van der Waals surface area contributed by atoms with Crippen LogP contribution in [-0.2, 0) is 9.53 Å². The molecule has 0 spiro atoms. The highest BCUT2D eigenvalue weighted by molar-refractivity contribution is 5.77. The van der Waals surface area contributed by atoms with Crippen molar-refractivity contribution in [2.24, 2.45) is 5.73 Å². The van der Waals surface area contributed by atoms with Crippen molar-refractivity contribution in [3.8, 4) is 0 Å². The summed E-state index contributed by atoms with van der Waals surface area (Å²) in [4.78, 5) is 11.0. The van der Waals surface area contributed by atoms with Gasteiger partial charge in [-0.15, -0.1) is 0 Å². The Balaban J connectivity index is 3.66. The predicted octanol–water partition coefficient (Wildman–Crippen LogP) is 0.657. The van der Waals surface area contributed by atoms with E-state index in [0.717, 1.165) is 12.8 Å². The second-order valence-electron chi connectivity index (χ2n) is 3.52. The van der Waals surface area contributed by atoms with E-state index in [1.807, 2.05) is 20.8 Å². The van der Waals surface area contributed by atoms with Gasteiger partial charge in [-0.05, 0) is 19.8 Å². The second kappa shape index (κ2) is 6.79. The van der Waals surface area contributed by atoms with Gasteiger partial charge in [0.1, 0.15) is 6.61 Å². The maximum atomic E-state index is 11.0. The van der Waals surface area contributed by atoms with E-state index >= 15 is 0 Å². The predicted molar refractivity (Wildman–Crippen MR) is 57.0 cm³/mol. The molecule has 0 aromatic rings. The van der Waals surface area contributed by atoms with Crippen LogP contribution in [0.4, 0.5) is 0 Å². The molecule has 3 N–H and O–H groups in total. The molecule has 4 heteroatoms. The van der Waals surface area contributed by atoms with Gasteiger partial charge in [0.25, 0.3) is 0 Å². The molecule has 0 radical (unpaired) electrons. The zero-order valence-corrected chi connectivity index (χ0v) is 9.43. The Bertz CT molecular complexity index is 168. The van der Waals surface area contributed by atoms with Crippen LogP contribution in [0.2, 0.25) is 0 Å². The summed E-state index contributed by atoms with van der Waals surface area (Å²) in [5, 5.41) is 2.66. The van der Waals surface area contributed by atoms with Gasteiger partial charge < -0.3 is 15.8 Å². The maximum Gasteiger partial charge on any atom is 0.245 e. The van der Waals surface area contributed by atoms with E-state index < -0.39 is 0 Å². The van der Waals surface area contributed by atoms with Gasteiger partial charge in [-0.1, -0.05) is 13.8 Å². The van der Waals surface area contributed by atoms with E-state index in [-0.39, 0.29) is 18.1 Å². The Labute approximate surface area is 86.2 Å². The number of rotatable bonds is 7. The van der Waals surface area contributed by atoms with Crippen LogP contribution >= 0.6 is 0 Å². The first-order valence-electron chi connectivity index (χ1n) is 5.21. The third-order valence-corrected chi connectivity index (χ3v) is 2.40. The molecular weight excluding hydrogens is 180 g/mol. The average molecular weight is 202 g/mol. The quantitative estimate of drug-likeness (QED) is 0.637. The average Bonchev–Trinajstić information content (AvgIpc) is 2.18. The van der Waals surface area contributed by atoms with Crippen LogP contribution < -0.4 is 11.1 Å². The number of hydrogen-bond donors (Lipinski definition) is 2. The largest absolute Gasteiger partial charge is 0.370 e. The Morgan fingerprint density at radius 2 is 1.93 bits per heavy atom. The Kier molecular flexibility index (Phi) is 6.49. The third-order valence-electron chi connectivity index (χ3n) is 2.40. The fourth-order valence-electron chi connectivity index (χ4n) is 1.05. The molecule has 1 amide bonds. The van der Waals surface area contributed by atoms with Crippen molar-refractivity contribution in [1.82, 2.24) is 5.32 Å². The van der Waals surface area contributed by atoms with Crippen molar-refractivity contribution in [3.05, 3.63) is 0 Å². The summed E-state index contributed by atoms with van der Waals surface area (Å²) in [7, 11) is 0. The second-order valence-corrected chi connectivity index (χ2v) is 3.52. The molecule has 0 atom stereocenters. The zero-order chi connectivity index (χ0) is 11.0. The van der Waals surface area contributed by atoms with Gasteiger partial charge in [0.2, 0.25) is 5.91 Å². The number of likely N-dealkylation sites (N-methyl/N-ethyl adjacent to an activating group) is 1. The molecule has 0 aromatic heterocycles. The number of nitrogens with two attached hydrogens (primary N) is 1. The van der Waals surface area contributed by atoms with E-state index in [0.29, 0.717) is 13.2 Å². The fraction of sp³-hybridized carbons (Fsp3) is 0.900. The molecule has 0 fully saturated rings. The molecule has 0 saturated carbocycles. The first-order valence-corrected chi connectivity index (χ1v) is 5.21. The summed E-state index contributed by atoms with van der Waals surface area (Å²) in [5.74, 6) is -0.0814. The summed E-state index contributed by atoms with van der Waals surface area (Å²) in [5.41, 5.74) is 5.71. The van der Waals surface area contributed by atoms with Crippen LogP contribution in [0.25, 0.3) is 0 Å². The topological polar surface area (TPSA) is 64.3 Å². The van der Waals surface area contributed by atoms with Crippen molar-refractivity contribution in [3.63, 3.8) is 0 Å².